The Balaban J connectivity index is 2.63. The first-order valence-electron chi connectivity index (χ1n) is 4.37. The fourth-order valence-electron chi connectivity index (χ4n) is 0.999. The Morgan fingerprint density at radius 2 is 2.00 bits per heavy atom. The van der Waals surface area contributed by atoms with Gasteiger partial charge in [0, 0.05) is 12.4 Å². The molecule has 1 rings (SSSR count). The molecule has 0 aliphatic rings. The van der Waals surface area contributed by atoms with E-state index in [-0.39, 0.29) is 6.61 Å². The maximum absolute atomic E-state index is 8.82. The fraction of sp³-hybridized carbons (Fsp3) is 0.0833. The van der Waals surface area contributed by atoms with E-state index in [1.54, 1.807) is 6.21 Å². The lowest BCUT2D eigenvalue weighted by atomic mass is 10.1. The van der Waals surface area contributed by atoms with Gasteiger partial charge in [-0.05, 0) is 17.2 Å². The number of aliphatic imine (C=N–C) groups is 1. The lowest BCUT2D eigenvalue weighted by Gasteiger charge is -1.95. The first kappa shape index (κ1) is 10.4. The fourth-order valence-corrected chi connectivity index (χ4v) is 0.999. The molecule has 0 radical (unpaired) electrons. The number of hydrogen-bond donors (Lipinski definition) is 1. The van der Waals surface area contributed by atoms with Gasteiger partial charge in [-0.2, -0.15) is 0 Å². The lowest BCUT2D eigenvalue weighted by molar-refractivity contribution is 0.282. The minimum Gasteiger partial charge on any atom is -0.392 e. The Labute approximate surface area is 83.9 Å². The van der Waals surface area contributed by atoms with Gasteiger partial charge in [-0.15, -0.1) is 0 Å². The smallest absolute Gasteiger partial charge is 0.0681 e. The number of aliphatic hydroxyl groups excluding tert-OH is 1. The van der Waals surface area contributed by atoms with E-state index in [4.69, 9.17) is 5.11 Å². The third kappa shape index (κ3) is 3.37. The van der Waals surface area contributed by atoms with Crippen LogP contribution in [-0.4, -0.2) is 11.3 Å². The minimum atomic E-state index is 0.0852. The van der Waals surface area contributed by atoms with Gasteiger partial charge in [-0.3, -0.25) is 4.99 Å². The number of aliphatic hydroxyl groups is 1. The van der Waals surface area contributed by atoms with Gasteiger partial charge in [-0.25, -0.2) is 0 Å². The first-order valence-corrected chi connectivity index (χ1v) is 4.37. The van der Waals surface area contributed by atoms with E-state index in [1.807, 2.05) is 36.4 Å². The van der Waals surface area contributed by atoms with Crippen LogP contribution in [0.1, 0.15) is 11.1 Å². The van der Waals surface area contributed by atoms with E-state index in [0.717, 1.165) is 11.1 Å². The average Bonchev–Trinajstić information content (AvgIpc) is 2.25. The molecule has 0 heterocycles. The summed E-state index contributed by atoms with van der Waals surface area (Å²) >= 11 is 0. The van der Waals surface area contributed by atoms with E-state index in [1.165, 1.54) is 6.20 Å². The van der Waals surface area contributed by atoms with E-state index >= 15 is 0 Å². The van der Waals surface area contributed by atoms with Crippen LogP contribution in [0.2, 0.25) is 0 Å². The maximum atomic E-state index is 8.82. The van der Waals surface area contributed by atoms with Crippen LogP contribution in [0.15, 0.2) is 48.1 Å². The van der Waals surface area contributed by atoms with Crippen molar-refractivity contribution in [3.8, 4) is 0 Å². The molecule has 72 valence electrons. The molecule has 0 bridgehead atoms. The van der Waals surface area contributed by atoms with Crippen molar-refractivity contribution in [3.63, 3.8) is 0 Å². The summed E-state index contributed by atoms with van der Waals surface area (Å²) in [5.74, 6) is 0. The van der Waals surface area contributed by atoms with Crippen molar-refractivity contribution >= 4 is 12.3 Å². The molecular weight excluding hydrogens is 174 g/mol. The van der Waals surface area contributed by atoms with E-state index in [2.05, 4.69) is 11.6 Å². The number of benzene rings is 1. The van der Waals surface area contributed by atoms with Crippen molar-refractivity contribution in [2.45, 2.75) is 6.61 Å². The van der Waals surface area contributed by atoms with Crippen molar-refractivity contribution in [2.75, 3.05) is 0 Å². The Hall–Kier alpha value is -1.67. The summed E-state index contributed by atoms with van der Waals surface area (Å²) < 4.78 is 0. The van der Waals surface area contributed by atoms with Crippen LogP contribution in [0.25, 0.3) is 6.08 Å². The summed E-state index contributed by atoms with van der Waals surface area (Å²) in [5, 5.41) is 8.82. The SMILES string of the molecule is C=CN=C/C=C/c1ccc(CO)cc1. The van der Waals surface area contributed by atoms with E-state index in [9.17, 15) is 0 Å². The molecule has 0 aliphatic heterocycles. The zero-order chi connectivity index (χ0) is 10.2. The van der Waals surface area contributed by atoms with E-state index < -0.39 is 0 Å². The molecule has 1 N–H and O–H groups in total. The Morgan fingerprint density at radius 3 is 2.57 bits per heavy atom. The van der Waals surface area contributed by atoms with Gasteiger partial charge in [0.15, 0.2) is 0 Å². The summed E-state index contributed by atoms with van der Waals surface area (Å²) in [6.45, 7) is 3.55. The van der Waals surface area contributed by atoms with Crippen molar-refractivity contribution in [2.24, 2.45) is 4.99 Å². The predicted octanol–water partition coefficient (Wildman–Crippen LogP) is 2.41. The predicted molar refractivity (Wildman–Crippen MR) is 60.1 cm³/mol. The van der Waals surface area contributed by atoms with Gasteiger partial charge in [0.2, 0.25) is 0 Å². The van der Waals surface area contributed by atoms with Gasteiger partial charge in [0.05, 0.1) is 6.61 Å². The highest BCUT2D eigenvalue weighted by Gasteiger charge is 1.88. The molecule has 1 aromatic carbocycles. The maximum Gasteiger partial charge on any atom is 0.0681 e. The molecule has 0 aliphatic carbocycles. The van der Waals surface area contributed by atoms with Gasteiger partial charge >= 0.3 is 0 Å². The van der Waals surface area contributed by atoms with Crippen LogP contribution in [0, 0.1) is 0 Å². The second-order valence-corrected chi connectivity index (χ2v) is 2.74. The molecule has 0 saturated carbocycles. The molecule has 0 unspecified atom stereocenters. The molecule has 0 spiro atoms. The molecule has 14 heavy (non-hydrogen) atoms. The van der Waals surface area contributed by atoms with Crippen molar-refractivity contribution in [3.05, 3.63) is 54.2 Å². The number of hydrogen-bond acceptors (Lipinski definition) is 2. The van der Waals surface area contributed by atoms with Gasteiger partial charge in [0.1, 0.15) is 0 Å². The lowest BCUT2D eigenvalue weighted by Crippen LogP contribution is -1.81. The zero-order valence-electron chi connectivity index (χ0n) is 7.93. The van der Waals surface area contributed by atoms with Gasteiger partial charge < -0.3 is 5.11 Å². The Morgan fingerprint density at radius 1 is 1.29 bits per heavy atom. The second kappa shape index (κ2) is 5.89. The van der Waals surface area contributed by atoms with Crippen LogP contribution < -0.4 is 0 Å². The highest BCUT2D eigenvalue weighted by atomic mass is 16.3. The average molecular weight is 187 g/mol. The third-order valence-electron chi connectivity index (χ3n) is 1.73. The van der Waals surface area contributed by atoms with Crippen LogP contribution in [-0.2, 0) is 6.61 Å². The number of nitrogens with zero attached hydrogens (tertiary/aromatic N) is 1. The Kier molecular flexibility index (Phi) is 4.38. The summed E-state index contributed by atoms with van der Waals surface area (Å²) in [4.78, 5) is 3.83. The van der Waals surface area contributed by atoms with Crippen LogP contribution in [0.4, 0.5) is 0 Å². The standard InChI is InChI=1S/C12H13NO/c1-2-13-9-3-4-11-5-7-12(10-14)8-6-11/h2-9,14H,1,10H2/b4-3+,13-9?. The molecular formula is C12H13NO. The normalized spacial score (nSPS) is 11.2. The van der Waals surface area contributed by atoms with Gasteiger partial charge in [0.25, 0.3) is 0 Å². The van der Waals surface area contributed by atoms with Crippen molar-refractivity contribution < 1.29 is 5.11 Å². The molecule has 2 nitrogen and oxygen atoms in total. The minimum absolute atomic E-state index is 0.0852. The van der Waals surface area contributed by atoms with Gasteiger partial charge in [-0.1, -0.05) is 36.9 Å². The largest absolute Gasteiger partial charge is 0.392 e. The molecule has 0 fully saturated rings. The molecule has 2 heteroatoms. The molecule has 0 saturated heterocycles. The van der Waals surface area contributed by atoms with Crippen LogP contribution in [0.5, 0.6) is 0 Å². The molecule has 0 atom stereocenters. The summed E-state index contributed by atoms with van der Waals surface area (Å²) in [6, 6.07) is 7.68. The van der Waals surface area contributed by atoms with Crippen LogP contribution in [0.3, 0.4) is 0 Å². The molecule has 0 aromatic heterocycles. The van der Waals surface area contributed by atoms with Crippen molar-refractivity contribution in [1.82, 2.24) is 0 Å². The monoisotopic (exact) mass is 187 g/mol. The zero-order valence-corrected chi connectivity index (χ0v) is 7.93. The third-order valence-corrected chi connectivity index (χ3v) is 1.73. The summed E-state index contributed by atoms with van der Waals surface area (Å²) in [6.07, 6.45) is 6.94. The highest BCUT2D eigenvalue weighted by molar-refractivity contribution is 5.78. The highest BCUT2D eigenvalue weighted by Crippen LogP contribution is 2.05. The summed E-state index contributed by atoms with van der Waals surface area (Å²) in [5.41, 5.74) is 2.00. The quantitative estimate of drug-likeness (QED) is 0.721. The number of rotatable bonds is 4. The topological polar surface area (TPSA) is 32.6 Å². The first-order chi connectivity index (χ1) is 6.86. The molecule has 1 aromatic rings. The van der Waals surface area contributed by atoms with Crippen LogP contribution >= 0.6 is 0 Å². The Bertz CT molecular complexity index is 336. The number of allylic oxidation sites excluding steroid dienone is 1. The molecule has 0 amide bonds. The summed E-state index contributed by atoms with van der Waals surface area (Å²) in [7, 11) is 0. The van der Waals surface area contributed by atoms with Crippen molar-refractivity contribution in [1.29, 1.82) is 0 Å². The van der Waals surface area contributed by atoms with E-state index in [0.29, 0.717) is 0 Å². The second-order valence-electron chi connectivity index (χ2n) is 2.74.